The van der Waals surface area contributed by atoms with Gasteiger partial charge in [0.1, 0.15) is 116 Å². The van der Waals surface area contributed by atoms with Crippen LogP contribution in [-0.2, 0) is 52.2 Å². The van der Waals surface area contributed by atoms with Gasteiger partial charge in [0.15, 0.2) is 31.3 Å². The van der Waals surface area contributed by atoms with Crippen molar-refractivity contribution >= 4 is 5.97 Å². The predicted molar refractivity (Wildman–Crippen MR) is 252 cm³/mol. The maximum atomic E-state index is 15.1. The summed E-state index contributed by atoms with van der Waals surface area (Å²) in [7, 11) is 0. The number of aliphatic hydroxyl groups is 17. The van der Waals surface area contributed by atoms with E-state index in [4.69, 9.17) is 47.4 Å². The lowest BCUT2D eigenvalue weighted by Gasteiger charge is -2.64. The SMILES string of the molecule is C=C1C[C@@]23CC[C@H]4[C@@](C)(CCC[C@@]4(C)C(=O)O[C@@H]4O[C@H](CO[C@@H]5O[C@H](CO)[C@@H](O)[C@H](O)[C@H]5O)[C@@H](O)[C@H](O)[C@H]4O[C@@H]4O[C@H](CO)[C@@H](O)[C@H](O)[C@H]4O)[C@@H]2CC[C@]1(O[C@@H]1O[C@H](CO)[C@@H](O)[C@H](O)[C@H]1O[C@@H]1O[C@H](CO)[C@@H](O)[C@H](O)[C@H]1O)C3. The summed E-state index contributed by atoms with van der Waals surface area (Å²) in [6.07, 6.45) is -39.0. The Labute approximate surface area is 448 Å². The Kier molecular flexibility index (Phi) is 18.2. The highest BCUT2D eigenvalue weighted by molar-refractivity contribution is 5.77. The second-order valence-corrected chi connectivity index (χ2v) is 23.7. The Morgan fingerprint density at radius 3 is 1.47 bits per heavy atom. The van der Waals surface area contributed by atoms with Crippen molar-refractivity contribution in [1.29, 1.82) is 0 Å². The van der Waals surface area contributed by atoms with E-state index in [0.29, 0.717) is 63.4 Å². The lowest BCUT2D eigenvalue weighted by Crippen LogP contribution is -2.66. The molecule has 28 nitrogen and oxygen atoms in total. The van der Waals surface area contributed by atoms with Crippen LogP contribution < -0.4 is 0 Å². The van der Waals surface area contributed by atoms with Crippen LogP contribution in [-0.4, -0.2) is 285 Å². The monoisotopic (exact) mass is 1130 g/mol. The largest absolute Gasteiger partial charge is 0.432 e. The summed E-state index contributed by atoms with van der Waals surface area (Å²) >= 11 is 0. The van der Waals surface area contributed by atoms with Gasteiger partial charge in [0.25, 0.3) is 0 Å². The maximum absolute atomic E-state index is 15.1. The van der Waals surface area contributed by atoms with Crippen LogP contribution >= 0.6 is 0 Å². The van der Waals surface area contributed by atoms with Crippen LogP contribution in [0.1, 0.15) is 71.6 Å². The minimum atomic E-state index is -2.04. The summed E-state index contributed by atoms with van der Waals surface area (Å²) in [4.78, 5) is 15.1. The zero-order chi connectivity index (χ0) is 56.7. The normalized spacial score (nSPS) is 54.5. The minimum Gasteiger partial charge on any atom is -0.432 e. The number of carbonyl (C=O) groups is 1. The van der Waals surface area contributed by atoms with E-state index in [-0.39, 0.29) is 11.8 Å². The zero-order valence-electron chi connectivity index (χ0n) is 43.3. The van der Waals surface area contributed by atoms with Gasteiger partial charge in [0, 0.05) is 0 Å². The molecular weight excluding hydrogens is 1050 g/mol. The first-order chi connectivity index (χ1) is 36.8. The van der Waals surface area contributed by atoms with Crippen LogP contribution in [0.4, 0.5) is 0 Å². The number of hydrogen-bond acceptors (Lipinski definition) is 28. The van der Waals surface area contributed by atoms with Crippen molar-refractivity contribution < 1.29 is 139 Å². The molecule has 28 heteroatoms. The molecule has 78 heavy (non-hydrogen) atoms. The van der Waals surface area contributed by atoms with Crippen molar-refractivity contribution in [2.45, 2.75) is 231 Å². The van der Waals surface area contributed by atoms with E-state index in [1.165, 1.54) is 0 Å². The van der Waals surface area contributed by atoms with Gasteiger partial charge >= 0.3 is 5.97 Å². The van der Waals surface area contributed by atoms with Crippen molar-refractivity contribution in [3.8, 4) is 0 Å². The Morgan fingerprint density at radius 1 is 0.513 bits per heavy atom. The first kappa shape index (κ1) is 60.8. The van der Waals surface area contributed by atoms with Crippen LogP contribution in [0.3, 0.4) is 0 Å². The van der Waals surface area contributed by atoms with Gasteiger partial charge in [-0.05, 0) is 86.5 Å². The van der Waals surface area contributed by atoms with Crippen molar-refractivity contribution in [3.63, 3.8) is 0 Å². The molecular formula is C50H80O28. The molecule has 448 valence electrons. The molecule has 4 aliphatic carbocycles. The summed E-state index contributed by atoms with van der Waals surface area (Å²) in [6, 6.07) is 0. The van der Waals surface area contributed by atoms with Crippen LogP contribution in [0.25, 0.3) is 0 Å². The molecule has 0 aromatic heterocycles. The van der Waals surface area contributed by atoms with Crippen LogP contribution in [0, 0.1) is 28.1 Å². The molecule has 4 saturated carbocycles. The van der Waals surface area contributed by atoms with E-state index in [2.05, 4.69) is 13.5 Å². The maximum Gasteiger partial charge on any atom is 0.314 e. The van der Waals surface area contributed by atoms with Crippen molar-refractivity contribution in [2.75, 3.05) is 33.0 Å². The van der Waals surface area contributed by atoms with Gasteiger partial charge < -0.3 is 134 Å². The van der Waals surface area contributed by atoms with Gasteiger partial charge in [-0.25, -0.2) is 0 Å². The smallest absolute Gasteiger partial charge is 0.314 e. The highest BCUT2D eigenvalue weighted by Crippen LogP contribution is 2.74. The molecule has 9 aliphatic rings. The quantitative estimate of drug-likeness (QED) is 0.0411. The van der Waals surface area contributed by atoms with Crippen LogP contribution in [0.15, 0.2) is 12.2 Å². The number of carbonyl (C=O) groups excluding carboxylic acids is 1. The third kappa shape index (κ3) is 10.4. The van der Waals surface area contributed by atoms with Crippen molar-refractivity contribution in [2.24, 2.45) is 28.1 Å². The molecule has 2 bridgehead atoms. The Balaban J connectivity index is 0.940. The topological polar surface area (TPSA) is 453 Å². The Bertz CT molecular complexity index is 2070. The van der Waals surface area contributed by atoms with Gasteiger partial charge in [0.2, 0.25) is 6.29 Å². The number of rotatable bonds is 15. The van der Waals surface area contributed by atoms with Gasteiger partial charge in [-0.2, -0.15) is 0 Å². The summed E-state index contributed by atoms with van der Waals surface area (Å²) in [5.74, 6) is -1.19. The van der Waals surface area contributed by atoms with Crippen LogP contribution in [0.2, 0.25) is 0 Å². The second kappa shape index (κ2) is 23.3. The minimum absolute atomic E-state index is 0.0488. The average Bonchev–Trinajstić information content (AvgIpc) is 3.65. The van der Waals surface area contributed by atoms with E-state index in [0.717, 1.165) is 0 Å². The standard InChI is InChI=1S/C50H80O28/c1-18-11-49-9-5-24-47(2,25(49)6-10-50(18,17-49)78-45-40(34(63)29(58)22(15-54)73-45)76-43-38(67)33(62)28(57)21(14-53)72-43)7-4-8-48(24,3)46(68)77-44-39(75-42-37(66)32(61)27(56)20(13-52)71-42)35(64)30(59)23(74-44)16-69-41-36(65)31(60)26(55)19(12-51)70-41/h19-45,51-67H,1,4-17H2,2-3H3/t19-,20-,21-,22-,23-,24+,25+,26-,27-,28-,29-,30-,31+,32+,33+,34+,35+,36-,37-,38-,39-,40-,41-,42+,43+,44+,45+,47-,48-,49-,50+/m1/s1. The van der Waals surface area contributed by atoms with E-state index < -0.39 is 214 Å². The molecule has 0 aromatic carbocycles. The van der Waals surface area contributed by atoms with E-state index in [9.17, 15) is 86.8 Å². The first-order valence-corrected chi connectivity index (χ1v) is 26.9. The lowest BCUT2D eigenvalue weighted by molar-refractivity contribution is -0.378. The third-order valence-electron chi connectivity index (χ3n) is 19.2. The van der Waals surface area contributed by atoms with E-state index in [1.807, 2.05) is 0 Å². The third-order valence-corrected chi connectivity index (χ3v) is 19.2. The molecule has 1 spiro atoms. The van der Waals surface area contributed by atoms with Crippen LogP contribution in [0.5, 0.6) is 0 Å². The van der Waals surface area contributed by atoms with Crippen molar-refractivity contribution in [3.05, 3.63) is 12.2 Å². The Morgan fingerprint density at radius 2 is 0.949 bits per heavy atom. The van der Waals surface area contributed by atoms with Gasteiger partial charge in [-0.15, -0.1) is 0 Å². The molecule has 5 heterocycles. The summed E-state index contributed by atoms with van der Waals surface area (Å²) < 4.78 is 59.4. The Hall–Kier alpha value is -1.83. The number of esters is 1. The molecule has 0 radical (unpaired) electrons. The molecule has 5 saturated heterocycles. The number of ether oxygens (including phenoxy) is 10. The van der Waals surface area contributed by atoms with Gasteiger partial charge in [0.05, 0.1) is 44.1 Å². The summed E-state index contributed by atoms with van der Waals surface area (Å²) in [5.41, 5.74) is -2.66. The molecule has 9 fully saturated rings. The molecule has 9 rings (SSSR count). The fraction of sp³-hybridized carbons (Fsp3) is 0.940. The van der Waals surface area contributed by atoms with Crippen molar-refractivity contribution in [1.82, 2.24) is 0 Å². The summed E-state index contributed by atoms with van der Waals surface area (Å²) in [6.45, 7) is 4.56. The van der Waals surface area contributed by atoms with Gasteiger partial charge in [-0.1, -0.05) is 19.9 Å². The molecule has 5 aliphatic heterocycles. The van der Waals surface area contributed by atoms with Gasteiger partial charge in [-0.3, -0.25) is 4.79 Å². The molecule has 0 amide bonds. The number of hydrogen-bond donors (Lipinski definition) is 17. The number of fused-ring (bicyclic) bond motifs is 3. The summed E-state index contributed by atoms with van der Waals surface area (Å²) in [5, 5.41) is 180. The molecule has 17 N–H and O–H groups in total. The lowest BCUT2D eigenvalue weighted by atomic mass is 9.41. The van der Waals surface area contributed by atoms with E-state index in [1.54, 1.807) is 6.92 Å². The fourth-order valence-corrected chi connectivity index (χ4v) is 14.9. The molecule has 0 unspecified atom stereocenters. The second-order valence-electron chi connectivity index (χ2n) is 23.7. The predicted octanol–water partition coefficient (Wildman–Crippen LogP) is -7.29. The average molecular weight is 1130 g/mol. The number of aliphatic hydroxyl groups excluding tert-OH is 17. The highest BCUT2D eigenvalue weighted by atomic mass is 16.8. The zero-order valence-corrected chi connectivity index (χ0v) is 43.3. The molecule has 0 aromatic rings. The van der Waals surface area contributed by atoms with E-state index >= 15 is 4.79 Å². The fourth-order valence-electron chi connectivity index (χ4n) is 14.9. The molecule has 31 atom stereocenters. The first-order valence-electron chi connectivity index (χ1n) is 26.9. The highest BCUT2D eigenvalue weighted by Gasteiger charge is 2.70.